The van der Waals surface area contributed by atoms with Crippen molar-refractivity contribution in [1.82, 2.24) is 10.2 Å². The average molecular weight is 433 g/mol. The lowest BCUT2D eigenvalue weighted by atomic mass is 10.1. The fraction of sp³-hybridized carbons (Fsp3) is 0.542. The number of amides is 2. The van der Waals surface area contributed by atoms with Crippen LogP contribution in [0.4, 0.5) is 4.79 Å². The normalized spacial score (nSPS) is 10.8. The van der Waals surface area contributed by atoms with E-state index in [1.54, 1.807) is 4.90 Å². The summed E-state index contributed by atoms with van der Waals surface area (Å²) < 4.78 is 9.84. The third-order valence-corrected chi connectivity index (χ3v) is 4.44. The first kappa shape index (κ1) is 26.2. The Morgan fingerprint density at radius 2 is 1.74 bits per heavy atom. The van der Waals surface area contributed by atoms with Gasteiger partial charge in [-0.25, -0.2) is 4.79 Å². The minimum absolute atomic E-state index is 0.0694. The van der Waals surface area contributed by atoms with Crippen molar-refractivity contribution < 1.29 is 23.9 Å². The zero-order valence-electron chi connectivity index (χ0n) is 19.2. The maximum absolute atomic E-state index is 12.6. The van der Waals surface area contributed by atoms with E-state index in [4.69, 9.17) is 4.74 Å². The Labute approximate surface area is 185 Å². The number of nitrogens with one attached hydrogen (secondary N) is 1. The molecule has 0 bridgehead atoms. The average Bonchev–Trinajstić information content (AvgIpc) is 2.71. The molecule has 0 unspecified atom stereocenters. The minimum atomic E-state index is -0.516. The van der Waals surface area contributed by atoms with Crippen molar-refractivity contribution in [2.75, 3.05) is 20.2 Å². The summed E-state index contributed by atoms with van der Waals surface area (Å²) >= 11 is 0. The molecule has 0 aliphatic heterocycles. The number of methoxy groups -OCH3 is 1. The number of hydrogen-bond acceptors (Lipinski definition) is 5. The van der Waals surface area contributed by atoms with Crippen LogP contribution in [0, 0.1) is 0 Å². The van der Waals surface area contributed by atoms with E-state index in [0.29, 0.717) is 26.1 Å². The molecule has 0 saturated carbocycles. The topological polar surface area (TPSA) is 84.9 Å². The first-order valence-electron chi connectivity index (χ1n) is 10.6. The maximum Gasteiger partial charge on any atom is 0.407 e. The Kier molecular flexibility index (Phi) is 11.4. The summed E-state index contributed by atoms with van der Waals surface area (Å²) in [6, 6.07) is 7.95. The van der Waals surface area contributed by atoms with Crippen LogP contribution in [-0.2, 0) is 32.0 Å². The molecule has 172 valence electrons. The molecular weight excluding hydrogens is 396 g/mol. The lowest BCUT2D eigenvalue weighted by molar-refractivity contribution is -0.143. The number of unbranched alkanes of at least 4 members (excludes halogenated alkanes) is 1. The fourth-order valence-corrected chi connectivity index (χ4v) is 2.84. The first-order chi connectivity index (χ1) is 14.6. The lowest BCUT2D eigenvalue weighted by Crippen LogP contribution is -2.33. The largest absolute Gasteiger partial charge is 0.469 e. The monoisotopic (exact) mass is 432 g/mol. The third kappa shape index (κ3) is 11.8. The number of hydrogen-bond donors (Lipinski definition) is 1. The number of ether oxygens (including phenoxy) is 2. The number of carbonyl (C=O) groups is 3. The zero-order chi connectivity index (χ0) is 23.3. The van der Waals surface area contributed by atoms with Crippen molar-refractivity contribution in [3.8, 4) is 0 Å². The van der Waals surface area contributed by atoms with Gasteiger partial charge in [0.2, 0.25) is 5.91 Å². The smallest absolute Gasteiger partial charge is 0.407 e. The highest BCUT2D eigenvalue weighted by atomic mass is 16.6. The Morgan fingerprint density at radius 3 is 2.32 bits per heavy atom. The van der Waals surface area contributed by atoms with Crippen molar-refractivity contribution in [3.05, 3.63) is 48.0 Å². The van der Waals surface area contributed by atoms with Gasteiger partial charge in [-0.1, -0.05) is 30.3 Å². The number of alkyl carbamates (subject to hydrolysis) is 1. The van der Waals surface area contributed by atoms with Gasteiger partial charge in [-0.05, 0) is 51.2 Å². The summed E-state index contributed by atoms with van der Waals surface area (Å²) in [5.41, 5.74) is 1.57. The molecule has 0 aliphatic rings. The summed E-state index contributed by atoms with van der Waals surface area (Å²) in [6.45, 7) is 10.8. The number of esters is 1. The second kappa shape index (κ2) is 13.5. The molecular formula is C24H36N2O5. The van der Waals surface area contributed by atoms with Crippen LogP contribution >= 0.6 is 0 Å². The molecule has 0 aliphatic carbocycles. The molecule has 31 heavy (non-hydrogen) atoms. The molecule has 0 fully saturated rings. The van der Waals surface area contributed by atoms with Crippen LogP contribution in [0.1, 0.15) is 57.6 Å². The van der Waals surface area contributed by atoms with E-state index < -0.39 is 11.7 Å². The SMILES string of the molecule is C=CCCCN(Cc1ccc(CCNC(=O)OC(C)(C)C)cc1)C(=O)CCC(=O)OC. The predicted octanol–water partition coefficient (Wildman–Crippen LogP) is 4.00. The minimum Gasteiger partial charge on any atom is -0.469 e. The number of rotatable bonds is 12. The molecule has 1 N–H and O–H groups in total. The van der Waals surface area contributed by atoms with E-state index in [-0.39, 0.29) is 24.7 Å². The summed E-state index contributed by atoms with van der Waals surface area (Å²) in [6.07, 6.45) is 3.95. The van der Waals surface area contributed by atoms with Crippen molar-refractivity contribution >= 4 is 18.0 Å². The second-order valence-electron chi connectivity index (χ2n) is 8.32. The molecule has 7 heteroatoms. The molecule has 1 aromatic rings. The zero-order valence-corrected chi connectivity index (χ0v) is 19.2. The van der Waals surface area contributed by atoms with Gasteiger partial charge < -0.3 is 19.7 Å². The van der Waals surface area contributed by atoms with E-state index >= 15 is 0 Å². The number of carbonyl (C=O) groups excluding carboxylic acids is 3. The van der Waals surface area contributed by atoms with Gasteiger partial charge in [0.05, 0.1) is 13.5 Å². The van der Waals surface area contributed by atoms with Crippen LogP contribution in [0.5, 0.6) is 0 Å². The molecule has 0 heterocycles. The van der Waals surface area contributed by atoms with Crippen molar-refractivity contribution in [2.45, 2.75) is 65.0 Å². The van der Waals surface area contributed by atoms with E-state index in [2.05, 4.69) is 16.6 Å². The summed E-state index contributed by atoms with van der Waals surface area (Å²) in [4.78, 5) is 37.4. The fourth-order valence-electron chi connectivity index (χ4n) is 2.84. The first-order valence-corrected chi connectivity index (χ1v) is 10.6. The van der Waals surface area contributed by atoms with Gasteiger partial charge in [0, 0.05) is 26.1 Å². The molecule has 2 amide bonds. The number of nitrogens with zero attached hydrogens (tertiary/aromatic N) is 1. The molecule has 1 aromatic carbocycles. The van der Waals surface area contributed by atoms with E-state index in [1.807, 2.05) is 51.1 Å². The summed E-state index contributed by atoms with van der Waals surface area (Å²) in [7, 11) is 1.32. The number of benzene rings is 1. The standard InChI is InChI=1S/C24H36N2O5/c1-6-7-8-17-26(21(27)13-14-22(28)30-5)18-20-11-9-19(10-12-20)15-16-25-23(29)31-24(2,3)4/h6,9-12H,1,7-8,13-18H2,2-5H3,(H,25,29). The van der Waals surface area contributed by atoms with E-state index in [1.165, 1.54) is 7.11 Å². The van der Waals surface area contributed by atoms with Crippen LogP contribution in [0.15, 0.2) is 36.9 Å². The Bertz CT molecular complexity index is 722. The van der Waals surface area contributed by atoms with Gasteiger partial charge in [0.15, 0.2) is 0 Å². The van der Waals surface area contributed by atoms with Gasteiger partial charge >= 0.3 is 12.1 Å². The van der Waals surface area contributed by atoms with Gasteiger partial charge in [-0.2, -0.15) is 0 Å². The van der Waals surface area contributed by atoms with Crippen LogP contribution in [0.3, 0.4) is 0 Å². The molecule has 0 radical (unpaired) electrons. The van der Waals surface area contributed by atoms with Crippen LogP contribution in [-0.4, -0.2) is 48.7 Å². The third-order valence-electron chi connectivity index (χ3n) is 4.44. The molecule has 7 nitrogen and oxygen atoms in total. The van der Waals surface area contributed by atoms with Crippen molar-refractivity contribution in [2.24, 2.45) is 0 Å². The Hall–Kier alpha value is -2.83. The van der Waals surface area contributed by atoms with Gasteiger partial charge in [0.1, 0.15) is 5.60 Å². The maximum atomic E-state index is 12.6. The highest BCUT2D eigenvalue weighted by molar-refractivity contribution is 5.81. The van der Waals surface area contributed by atoms with E-state index in [9.17, 15) is 14.4 Å². The molecule has 1 rings (SSSR count). The van der Waals surface area contributed by atoms with Crippen LogP contribution in [0.25, 0.3) is 0 Å². The van der Waals surface area contributed by atoms with Gasteiger partial charge in [-0.15, -0.1) is 6.58 Å². The predicted molar refractivity (Wildman–Crippen MR) is 120 cm³/mol. The molecule has 0 aromatic heterocycles. The summed E-state index contributed by atoms with van der Waals surface area (Å²) in [5.74, 6) is -0.455. The quantitative estimate of drug-likeness (QED) is 0.307. The van der Waals surface area contributed by atoms with Crippen LogP contribution < -0.4 is 5.32 Å². The second-order valence-corrected chi connectivity index (χ2v) is 8.32. The molecule has 0 spiro atoms. The molecule has 0 saturated heterocycles. The highest BCUT2D eigenvalue weighted by Crippen LogP contribution is 2.12. The highest BCUT2D eigenvalue weighted by Gasteiger charge is 2.16. The Balaban J connectivity index is 2.59. The van der Waals surface area contributed by atoms with E-state index in [0.717, 1.165) is 24.0 Å². The summed E-state index contributed by atoms with van der Waals surface area (Å²) in [5, 5.41) is 2.75. The van der Waals surface area contributed by atoms with Crippen molar-refractivity contribution in [1.29, 1.82) is 0 Å². The molecule has 0 atom stereocenters. The van der Waals surface area contributed by atoms with Crippen LogP contribution in [0.2, 0.25) is 0 Å². The van der Waals surface area contributed by atoms with Gasteiger partial charge in [0.25, 0.3) is 0 Å². The lowest BCUT2D eigenvalue weighted by Gasteiger charge is -2.23. The Morgan fingerprint density at radius 1 is 1.10 bits per heavy atom. The van der Waals surface area contributed by atoms with Gasteiger partial charge in [-0.3, -0.25) is 9.59 Å². The number of allylic oxidation sites excluding steroid dienone is 1. The van der Waals surface area contributed by atoms with Crippen molar-refractivity contribution in [3.63, 3.8) is 0 Å².